The Labute approximate surface area is 88.2 Å². The van der Waals surface area contributed by atoms with Crippen molar-refractivity contribution in [2.75, 3.05) is 13.1 Å². The van der Waals surface area contributed by atoms with Gasteiger partial charge in [0, 0.05) is 13.1 Å². The van der Waals surface area contributed by atoms with Crippen molar-refractivity contribution in [1.82, 2.24) is 4.90 Å². The highest BCUT2D eigenvalue weighted by molar-refractivity contribution is 6.31. The van der Waals surface area contributed by atoms with Crippen molar-refractivity contribution in [2.24, 2.45) is 23.7 Å². The molecule has 2 saturated carbocycles. The van der Waals surface area contributed by atoms with Gasteiger partial charge in [-0.3, -0.25) is 4.79 Å². The summed E-state index contributed by atoms with van der Waals surface area (Å²) in [7, 11) is 0. The van der Waals surface area contributed by atoms with Gasteiger partial charge in [0.05, 0.1) is 0 Å². The van der Waals surface area contributed by atoms with E-state index >= 15 is 0 Å². The van der Waals surface area contributed by atoms with Gasteiger partial charge >= 0.3 is 11.9 Å². The molecule has 0 aromatic carbocycles. The number of hydrogen-bond donors (Lipinski definition) is 1. The fourth-order valence-corrected chi connectivity index (χ4v) is 3.98. The summed E-state index contributed by atoms with van der Waals surface area (Å²) in [6, 6.07) is 0. The molecule has 3 aliphatic rings. The van der Waals surface area contributed by atoms with Gasteiger partial charge in [-0.1, -0.05) is 0 Å². The molecule has 2 bridgehead atoms. The molecule has 82 valence electrons. The molecule has 0 aromatic rings. The molecule has 4 heteroatoms. The number of fused-ring (bicyclic) bond motifs is 5. The van der Waals surface area contributed by atoms with Gasteiger partial charge < -0.3 is 10.0 Å². The Morgan fingerprint density at radius 1 is 1.07 bits per heavy atom. The molecule has 1 N–H and O–H groups in total. The SMILES string of the molecule is O=C(O)C(=O)N1C[C@@H]2C3CCC(C3)[C@@H]2C1. The summed E-state index contributed by atoms with van der Waals surface area (Å²) in [6.07, 6.45) is 3.91. The third kappa shape index (κ3) is 1.20. The first-order chi connectivity index (χ1) is 7.16. The molecular weight excluding hydrogens is 194 g/mol. The van der Waals surface area contributed by atoms with Crippen LogP contribution in [-0.2, 0) is 9.59 Å². The smallest absolute Gasteiger partial charge is 0.394 e. The average Bonchev–Trinajstić information content (AvgIpc) is 2.87. The second-order valence-corrected chi connectivity index (χ2v) is 5.18. The summed E-state index contributed by atoms with van der Waals surface area (Å²) in [4.78, 5) is 23.5. The highest BCUT2D eigenvalue weighted by Gasteiger charge is 2.52. The number of nitrogens with zero attached hydrogens (tertiary/aromatic N) is 1. The number of amides is 1. The molecule has 4 atom stereocenters. The number of carbonyl (C=O) groups excluding carboxylic acids is 1. The van der Waals surface area contributed by atoms with E-state index in [0.29, 0.717) is 24.9 Å². The zero-order valence-electron chi connectivity index (χ0n) is 8.56. The van der Waals surface area contributed by atoms with Gasteiger partial charge in [-0.05, 0) is 42.9 Å². The predicted octanol–water partition coefficient (Wildman–Crippen LogP) is 0.575. The Bertz CT molecular complexity index is 310. The van der Waals surface area contributed by atoms with Crippen molar-refractivity contribution in [3.8, 4) is 0 Å². The van der Waals surface area contributed by atoms with Gasteiger partial charge in [0.15, 0.2) is 0 Å². The first-order valence-electron chi connectivity index (χ1n) is 5.69. The lowest BCUT2D eigenvalue weighted by Gasteiger charge is -2.22. The summed E-state index contributed by atoms with van der Waals surface area (Å²) >= 11 is 0. The molecule has 0 spiro atoms. The Morgan fingerprint density at radius 3 is 2.07 bits per heavy atom. The number of carbonyl (C=O) groups is 2. The number of likely N-dealkylation sites (tertiary alicyclic amines) is 1. The number of hydrogen-bond acceptors (Lipinski definition) is 2. The summed E-state index contributed by atoms with van der Waals surface area (Å²) in [5, 5.41) is 8.66. The van der Waals surface area contributed by atoms with E-state index in [-0.39, 0.29) is 0 Å². The van der Waals surface area contributed by atoms with Crippen LogP contribution in [0, 0.1) is 23.7 Å². The molecule has 0 aromatic heterocycles. The first kappa shape index (κ1) is 9.19. The molecule has 2 aliphatic carbocycles. The van der Waals surface area contributed by atoms with Crippen LogP contribution in [0.4, 0.5) is 0 Å². The van der Waals surface area contributed by atoms with E-state index in [1.807, 2.05) is 0 Å². The van der Waals surface area contributed by atoms with E-state index in [1.165, 1.54) is 19.3 Å². The lowest BCUT2D eigenvalue weighted by Crippen LogP contribution is -2.35. The quantitative estimate of drug-likeness (QED) is 0.593. The number of rotatable bonds is 0. The molecule has 1 heterocycles. The third-order valence-electron chi connectivity index (χ3n) is 4.61. The third-order valence-corrected chi connectivity index (χ3v) is 4.61. The maximum Gasteiger partial charge on any atom is 0.394 e. The largest absolute Gasteiger partial charge is 0.474 e. The second-order valence-electron chi connectivity index (χ2n) is 5.18. The molecular formula is C11H15NO3. The van der Waals surface area contributed by atoms with Crippen LogP contribution in [0.2, 0.25) is 0 Å². The van der Waals surface area contributed by atoms with Crippen molar-refractivity contribution in [3.63, 3.8) is 0 Å². The number of carboxylic acids is 1. The summed E-state index contributed by atoms with van der Waals surface area (Å²) in [5.41, 5.74) is 0. The minimum absolute atomic E-state index is 0.604. The summed E-state index contributed by atoms with van der Waals surface area (Å²) < 4.78 is 0. The van der Waals surface area contributed by atoms with Crippen LogP contribution < -0.4 is 0 Å². The van der Waals surface area contributed by atoms with Gasteiger partial charge in [0.1, 0.15) is 0 Å². The average molecular weight is 209 g/mol. The Kier molecular flexibility index (Phi) is 1.82. The molecule has 15 heavy (non-hydrogen) atoms. The van der Waals surface area contributed by atoms with Gasteiger partial charge in [-0.2, -0.15) is 0 Å². The molecule has 3 fully saturated rings. The zero-order chi connectivity index (χ0) is 10.6. The molecule has 1 amide bonds. The van der Waals surface area contributed by atoms with Crippen LogP contribution in [0.5, 0.6) is 0 Å². The van der Waals surface area contributed by atoms with Crippen LogP contribution in [-0.4, -0.2) is 35.0 Å². The van der Waals surface area contributed by atoms with Crippen LogP contribution in [0.15, 0.2) is 0 Å². The zero-order valence-corrected chi connectivity index (χ0v) is 8.56. The van der Waals surface area contributed by atoms with Crippen LogP contribution in [0.1, 0.15) is 19.3 Å². The van der Waals surface area contributed by atoms with Gasteiger partial charge in [-0.15, -0.1) is 0 Å². The van der Waals surface area contributed by atoms with E-state index < -0.39 is 11.9 Å². The predicted molar refractivity (Wildman–Crippen MR) is 52.0 cm³/mol. The van der Waals surface area contributed by atoms with Crippen molar-refractivity contribution in [3.05, 3.63) is 0 Å². The van der Waals surface area contributed by atoms with E-state index in [9.17, 15) is 9.59 Å². The Balaban J connectivity index is 1.74. The standard InChI is InChI=1S/C11H15NO3/c13-10(11(14)15)12-4-8-6-1-2-7(3-6)9(8)5-12/h6-9H,1-5H2,(H,14,15)/t6?,7?,8-,9+. The lowest BCUT2D eigenvalue weighted by atomic mass is 9.82. The molecule has 2 unspecified atom stereocenters. The number of carboxylic acid groups (broad SMARTS) is 1. The fraction of sp³-hybridized carbons (Fsp3) is 0.818. The Morgan fingerprint density at radius 2 is 1.60 bits per heavy atom. The maximum absolute atomic E-state index is 11.3. The minimum atomic E-state index is -1.30. The molecule has 1 saturated heterocycles. The monoisotopic (exact) mass is 209 g/mol. The number of aliphatic carboxylic acids is 1. The van der Waals surface area contributed by atoms with Crippen molar-refractivity contribution >= 4 is 11.9 Å². The molecule has 1 aliphatic heterocycles. The van der Waals surface area contributed by atoms with Gasteiger partial charge in [-0.25, -0.2) is 4.79 Å². The molecule has 4 nitrogen and oxygen atoms in total. The van der Waals surface area contributed by atoms with E-state index in [0.717, 1.165) is 11.8 Å². The van der Waals surface area contributed by atoms with Gasteiger partial charge in [0.2, 0.25) is 0 Å². The van der Waals surface area contributed by atoms with Crippen LogP contribution >= 0.6 is 0 Å². The van der Waals surface area contributed by atoms with Crippen LogP contribution in [0.25, 0.3) is 0 Å². The highest BCUT2D eigenvalue weighted by atomic mass is 16.4. The molecule has 0 radical (unpaired) electrons. The van der Waals surface area contributed by atoms with Crippen molar-refractivity contribution in [2.45, 2.75) is 19.3 Å². The summed E-state index contributed by atoms with van der Waals surface area (Å²) in [5.74, 6) is 0.739. The van der Waals surface area contributed by atoms with Crippen molar-refractivity contribution < 1.29 is 14.7 Å². The summed E-state index contributed by atoms with van der Waals surface area (Å²) in [6.45, 7) is 1.38. The highest BCUT2D eigenvalue weighted by Crippen LogP contribution is 2.55. The van der Waals surface area contributed by atoms with Crippen molar-refractivity contribution in [1.29, 1.82) is 0 Å². The fourth-order valence-electron chi connectivity index (χ4n) is 3.98. The second kappa shape index (κ2) is 2.97. The molecule has 3 rings (SSSR count). The normalized spacial score (nSPS) is 42.0. The first-order valence-corrected chi connectivity index (χ1v) is 5.69. The maximum atomic E-state index is 11.3. The van der Waals surface area contributed by atoms with E-state index in [4.69, 9.17) is 5.11 Å². The minimum Gasteiger partial charge on any atom is -0.474 e. The lowest BCUT2D eigenvalue weighted by molar-refractivity contribution is -0.155. The van der Waals surface area contributed by atoms with E-state index in [1.54, 1.807) is 4.90 Å². The van der Waals surface area contributed by atoms with Crippen LogP contribution in [0.3, 0.4) is 0 Å². The van der Waals surface area contributed by atoms with E-state index in [2.05, 4.69) is 0 Å². The topological polar surface area (TPSA) is 57.6 Å². The Hall–Kier alpha value is -1.06. The van der Waals surface area contributed by atoms with Gasteiger partial charge in [0.25, 0.3) is 0 Å².